The molecule has 0 unspecified atom stereocenters. The third-order valence-corrected chi connectivity index (χ3v) is 2.79. The fourth-order valence-corrected chi connectivity index (χ4v) is 1.81. The van der Waals surface area contributed by atoms with Crippen molar-refractivity contribution in [2.75, 3.05) is 6.54 Å². The van der Waals surface area contributed by atoms with E-state index in [0.29, 0.717) is 29.4 Å². The third kappa shape index (κ3) is 3.73. The average Bonchev–Trinajstić information content (AvgIpc) is 2.22. The summed E-state index contributed by atoms with van der Waals surface area (Å²) in [4.78, 5) is 11.0. The van der Waals surface area contributed by atoms with Crippen molar-refractivity contribution >= 4 is 29.1 Å². The topological polar surface area (TPSA) is 29.1 Å². The molecule has 4 heteroatoms. The van der Waals surface area contributed by atoms with Crippen LogP contribution in [0.3, 0.4) is 0 Å². The zero-order valence-electron chi connectivity index (χ0n) is 8.52. The van der Waals surface area contributed by atoms with Crippen LogP contribution in [0, 0.1) is 0 Å². The Bertz CT molecular complexity index is 332. The van der Waals surface area contributed by atoms with E-state index in [9.17, 15) is 4.79 Å². The van der Waals surface area contributed by atoms with Crippen LogP contribution in [0.4, 0.5) is 0 Å². The van der Waals surface area contributed by atoms with Crippen LogP contribution in [0.5, 0.6) is 0 Å². The van der Waals surface area contributed by atoms with Crippen LogP contribution in [-0.4, -0.2) is 12.5 Å². The molecule has 0 heterocycles. The number of amides is 1. The van der Waals surface area contributed by atoms with Crippen molar-refractivity contribution in [2.24, 2.45) is 0 Å². The summed E-state index contributed by atoms with van der Waals surface area (Å²) in [5.74, 6) is 0.0400. The smallest absolute Gasteiger partial charge is 0.219 e. The summed E-state index contributed by atoms with van der Waals surface area (Å²) in [6, 6.07) is 5.40. The SMILES string of the molecule is CCC(=O)NCCc1c(Cl)cccc1Cl. The molecule has 0 radical (unpaired) electrons. The second kappa shape index (κ2) is 5.99. The first-order chi connectivity index (χ1) is 7.15. The fourth-order valence-electron chi connectivity index (χ4n) is 1.22. The van der Waals surface area contributed by atoms with Gasteiger partial charge in [-0.15, -0.1) is 0 Å². The summed E-state index contributed by atoms with van der Waals surface area (Å²) in [7, 11) is 0. The van der Waals surface area contributed by atoms with Gasteiger partial charge in [-0.25, -0.2) is 0 Å². The average molecular weight is 246 g/mol. The quantitative estimate of drug-likeness (QED) is 0.869. The molecule has 0 aliphatic heterocycles. The van der Waals surface area contributed by atoms with E-state index in [0.717, 1.165) is 5.56 Å². The van der Waals surface area contributed by atoms with Crippen LogP contribution in [0.25, 0.3) is 0 Å². The second-order valence-corrected chi connectivity index (χ2v) is 3.97. The number of hydrogen-bond acceptors (Lipinski definition) is 1. The molecule has 0 atom stereocenters. The standard InChI is InChI=1S/C11H13Cl2NO/c1-2-11(15)14-7-6-8-9(12)4-3-5-10(8)13/h3-5H,2,6-7H2,1H3,(H,14,15). The highest BCUT2D eigenvalue weighted by atomic mass is 35.5. The highest BCUT2D eigenvalue weighted by molar-refractivity contribution is 6.35. The predicted molar refractivity (Wildman–Crippen MR) is 63.5 cm³/mol. The number of rotatable bonds is 4. The molecule has 1 N–H and O–H groups in total. The van der Waals surface area contributed by atoms with Gasteiger partial charge in [0.15, 0.2) is 0 Å². The largest absolute Gasteiger partial charge is 0.356 e. The first-order valence-corrected chi connectivity index (χ1v) is 5.60. The van der Waals surface area contributed by atoms with Gasteiger partial charge in [0.25, 0.3) is 0 Å². The summed E-state index contributed by atoms with van der Waals surface area (Å²) in [6.45, 7) is 2.38. The van der Waals surface area contributed by atoms with E-state index in [4.69, 9.17) is 23.2 Å². The molecule has 0 aliphatic rings. The summed E-state index contributed by atoms with van der Waals surface area (Å²) in [5.41, 5.74) is 0.886. The lowest BCUT2D eigenvalue weighted by Gasteiger charge is -2.07. The Morgan fingerprint density at radius 3 is 2.47 bits per heavy atom. The Morgan fingerprint density at radius 1 is 1.33 bits per heavy atom. The molecule has 0 saturated heterocycles. The van der Waals surface area contributed by atoms with Gasteiger partial charge in [0.2, 0.25) is 5.91 Å². The highest BCUT2D eigenvalue weighted by Gasteiger charge is 2.05. The predicted octanol–water partition coefficient (Wildman–Crippen LogP) is 3.06. The van der Waals surface area contributed by atoms with Gasteiger partial charge in [-0.05, 0) is 24.1 Å². The van der Waals surface area contributed by atoms with Crippen LogP contribution in [0.2, 0.25) is 10.0 Å². The normalized spacial score (nSPS) is 10.1. The minimum Gasteiger partial charge on any atom is -0.356 e. The zero-order chi connectivity index (χ0) is 11.3. The Labute approximate surface area is 99.6 Å². The van der Waals surface area contributed by atoms with E-state index in [1.54, 1.807) is 18.2 Å². The van der Waals surface area contributed by atoms with Crippen molar-refractivity contribution < 1.29 is 4.79 Å². The van der Waals surface area contributed by atoms with Crippen LogP contribution >= 0.6 is 23.2 Å². The molecule has 0 saturated carbocycles. The number of carbonyl (C=O) groups excluding carboxylic acids is 1. The first-order valence-electron chi connectivity index (χ1n) is 4.84. The Kier molecular flexibility index (Phi) is 4.92. The Morgan fingerprint density at radius 2 is 1.93 bits per heavy atom. The van der Waals surface area contributed by atoms with Crippen LogP contribution in [-0.2, 0) is 11.2 Å². The lowest BCUT2D eigenvalue weighted by atomic mass is 10.1. The fraction of sp³-hybridized carbons (Fsp3) is 0.364. The van der Waals surface area contributed by atoms with Crippen molar-refractivity contribution in [3.63, 3.8) is 0 Å². The van der Waals surface area contributed by atoms with Crippen molar-refractivity contribution in [1.29, 1.82) is 0 Å². The number of benzene rings is 1. The monoisotopic (exact) mass is 245 g/mol. The maximum Gasteiger partial charge on any atom is 0.219 e. The summed E-state index contributed by atoms with van der Waals surface area (Å²) >= 11 is 12.0. The van der Waals surface area contributed by atoms with Crippen molar-refractivity contribution in [3.05, 3.63) is 33.8 Å². The molecule has 1 rings (SSSR count). The zero-order valence-corrected chi connectivity index (χ0v) is 10.0. The van der Waals surface area contributed by atoms with Crippen LogP contribution < -0.4 is 5.32 Å². The van der Waals surface area contributed by atoms with Gasteiger partial charge in [-0.1, -0.05) is 36.2 Å². The molecular formula is C11H13Cl2NO. The highest BCUT2D eigenvalue weighted by Crippen LogP contribution is 2.24. The van der Waals surface area contributed by atoms with E-state index < -0.39 is 0 Å². The van der Waals surface area contributed by atoms with Crippen molar-refractivity contribution in [3.8, 4) is 0 Å². The third-order valence-electron chi connectivity index (χ3n) is 2.08. The minimum absolute atomic E-state index is 0.0400. The summed E-state index contributed by atoms with van der Waals surface area (Å²) in [5, 5.41) is 4.07. The van der Waals surface area contributed by atoms with E-state index in [-0.39, 0.29) is 5.91 Å². The van der Waals surface area contributed by atoms with Gasteiger partial charge < -0.3 is 5.32 Å². The Balaban J connectivity index is 2.54. The molecule has 82 valence electrons. The molecule has 15 heavy (non-hydrogen) atoms. The number of halogens is 2. The summed E-state index contributed by atoms with van der Waals surface area (Å²) in [6.07, 6.45) is 1.15. The molecule has 0 bridgehead atoms. The molecule has 1 aromatic rings. The molecule has 0 spiro atoms. The number of carbonyl (C=O) groups is 1. The van der Waals surface area contributed by atoms with Gasteiger partial charge in [0.1, 0.15) is 0 Å². The van der Waals surface area contributed by atoms with Crippen molar-refractivity contribution in [1.82, 2.24) is 5.32 Å². The van der Waals surface area contributed by atoms with Gasteiger partial charge >= 0.3 is 0 Å². The lowest BCUT2D eigenvalue weighted by Crippen LogP contribution is -2.24. The van der Waals surface area contributed by atoms with Crippen LogP contribution in [0.15, 0.2) is 18.2 Å². The van der Waals surface area contributed by atoms with Gasteiger partial charge in [0, 0.05) is 23.0 Å². The maximum atomic E-state index is 11.0. The molecule has 1 aromatic carbocycles. The second-order valence-electron chi connectivity index (χ2n) is 3.15. The molecule has 2 nitrogen and oxygen atoms in total. The van der Waals surface area contributed by atoms with Crippen LogP contribution in [0.1, 0.15) is 18.9 Å². The molecule has 0 fully saturated rings. The van der Waals surface area contributed by atoms with Gasteiger partial charge in [-0.2, -0.15) is 0 Å². The molecule has 1 amide bonds. The number of hydrogen-bond donors (Lipinski definition) is 1. The maximum absolute atomic E-state index is 11.0. The van der Waals surface area contributed by atoms with E-state index >= 15 is 0 Å². The number of nitrogens with one attached hydrogen (secondary N) is 1. The Hall–Kier alpha value is -0.730. The molecule has 0 aliphatic carbocycles. The molecular weight excluding hydrogens is 233 g/mol. The summed E-state index contributed by atoms with van der Waals surface area (Å²) < 4.78 is 0. The van der Waals surface area contributed by atoms with E-state index in [2.05, 4.69) is 5.32 Å². The lowest BCUT2D eigenvalue weighted by molar-refractivity contribution is -0.120. The van der Waals surface area contributed by atoms with Gasteiger partial charge in [-0.3, -0.25) is 4.79 Å². The molecule has 0 aromatic heterocycles. The van der Waals surface area contributed by atoms with E-state index in [1.807, 2.05) is 6.92 Å². The first kappa shape index (κ1) is 12.3. The van der Waals surface area contributed by atoms with Gasteiger partial charge in [0.05, 0.1) is 0 Å². The van der Waals surface area contributed by atoms with E-state index in [1.165, 1.54) is 0 Å². The minimum atomic E-state index is 0.0400. The van der Waals surface area contributed by atoms with Crippen molar-refractivity contribution in [2.45, 2.75) is 19.8 Å².